The fourth-order valence-electron chi connectivity index (χ4n) is 8.63. The van der Waals surface area contributed by atoms with Gasteiger partial charge < -0.3 is 14.6 Å². The van der Waals surface area contributed by atoms with E-state index in [1.165, 1.54) is 25.1 Å². The molecule has 1 heterocycles. The van der Waals surface area contributed by atoms with E-state index in [4.69, 9.17) is 4.42 Å². The molecular weight excluding hydrogens is 509 g/mol. The molecule has 37 heavy (non-hydrogen) atoms. The van der Waals surface area contributed by atoms with E-state index in [1.54, 1.807) is 13.8 Å². The van der Waals surface area contributed by atoms with Gasteiger partial charge in [0.25, 0.3) is 0 Å². The number of carboxylic acids is 1. The highest BCUT2D eigenvalue weighted by Gasteiger charge is 2.77. The third kappa shape index (κ3) is 3.02. The van der Waals surface area contributed by atoms with Gasteiger partial charge in [-0.25, -0.2) is 18.0 Å². The first-order valence-electron chi connectivity index (χ1n) is 12.3. The van der Waals surface area contributed by atoms with Gasteiger partial charge in [0.15, 0.2) is 11.5 Å². The molecule has 1 aromatic heterocycles. The minimum Gasteiger partial charge on any atom is -0.475 e. The van der Waals surface area contributed by atoms with Gasteiger partial charge in [-0.15, -0.1) is 0 Å². The second kappa shape index (κ2) is 8.33. The van der Waals surface area contributed by atoms with Crippen LogP contribution in [-0.2, 0) is 15.0 Å². The van der Waals surface area contributed by atoms with Crippen LogP contribution < -0.4 is 0 Å². The first kappa shape index (κ1) is 26.3. The number of carbonyl (C=O) groups excluding carboxylic acids is 2. The third-order valence-corrected chi connectivity index (χ3v) is 10.8. The topological polar surface area (TPSA) is 105 Å². The number of furan rings is 1. The van der Waals surface area contributed by atoms with Crippen molar-refractivity contribution in [3.8, 4) is 0 Å². The third-order valence-electron chi connectivity index (χ3n) is 10.1. The van der Waals surface area contributed by atoms with Crippen molar-refractivity contribution >= 4 is 28.6 Å². The molecule has 2 N–H and O–H groups in total. The van der Waals surface area contributed by atoms with Gasteiger partial charge in [0.2, 0.25) is 10.9 Å². The zero-order valence-electron chi connectivity index (χ0n) is 20.7. The fraction of sp³-hybridized carbons (Fsp3) is 0.593. The number of hydrogen-bond donors (Lipinski definition) is 2. The maximum Gasteiger partial charge on any atom is 0.372 e. The van der Waals surface area contributed by atoms with E-state index in [-0.39, 0.29) is 30.4 Å². The van der Waals surface area contributed by atoms with Gasteiger partial charge >= 0.3 is 5.97 Å². The highest BCUT2D eigenvalue weighted by Crippen LogP contribution is 2.74. The summed E-state index contributed by atoms with van der Waals surface area (Å²) < 4.78 is 51.9. The summed E-state index contributed by atoms with van der Waals surface area (Å²) in [5, 5.41) is 20.8. The van der Waals surface area contributed by atoms with Crippen molar-refractivity contribution < 1.29 is 42.2 Å². The number of aromatic carboxylic acids is 1. The molecule has 0 aliphatic heterocycles. The van der Waals surface area contributed by atoms with Gasteiger partial charge in [-0.1, -0.05) is 31.7 Å². The quantitative estimate of drug-likeness (QED) is 0.558. The Morgan fingerprint density at radius 1 is 1.24 bits per heavy atom. The standard InChI is InChI=1S/C27H29F3O6S/c1-13-8-16-17-10-19(29)18-9-14(31)4-6-24(18,2)27(17,30)20(32)11-25(16,3)26(13,23(35)37-12-28)15-5-7-36-21(15)22(33)34/h4-7,9,13,16-17,19-20,32H,8,10-12H2,1-3H3,(H,33,34)/t13-,16?,17?,19+,20+,24+,25+,26+,27?/m1/s1. The lowest BCUT2D eigenvalue weighted by molar-refractivity contribution is -0.204. The maximum atomic E-state index is 17.4. The van der Waals surface area contributed by atoms with Crippen molar-refractivity contribution in [3.05, 3.63) is 47.5 Å². The average Bonchev–Trinajstić information content (AvgIpc) is 3.39. The average molecular weight is 539 g/mol. The summed E-state index contributed by atoms with van der Waals surface area (Å²) in [5.74, 6) is -4.62. The predicted molar refractivity (Wildman–Crippen MR) is 129 cm³/mol. The van der Waals surface area contributed by atoms with Gasteiger partial charge in [0.05, 0.1) is 17.8 Å². The van der Waals surface area contributed by atoms with Crippen LogP contribution in [0.25, 0.3) is 0 Å². The number of ketones is 1. The lowest BCUT2D eigenvalue weighted by Gasteiger charge is -2.63. The minimum atomic E-state index is -2.35. The summed E-state index contributed by atoms with van der Waals surface area (Å²) in [5.41, 5.74) is -6.75. The summed E-state index contributed by atoms with van der Waals surface area (Å²) in [6, 6.07) is 0.329. The number of fused-ring (bicyclic) bond motifs is 5. The van der Waals surface area contributed by atoms with Crippen molar-refractivity contribution in [2.24, 2.45) is 28.6 Å². The molecule has 4 aliphatic rings. The lowest BCUT2D eigenvalue weighted by Crippen LogP contribution is -2.69. The molecule has 3 unspecified atom stereocenters. The van der Waals surface area contributed by atoms with E-state index in [1.807, 2.05) is 0 Å². The second-order valence-electron chi connectivity index (χ2n) is 11.3. The zero-order valence-corrected chi connectivity index (χ0v) is 21.5. The van der Waals surface area contributed by atoms with Gasteiger partial charge in [-0.3, -0.25) is 9.59 Å². The Labute approximate surface area is 216 Å². The van der Waals surface area contributed by atoms with Crippen LogP contribution in [-0.4, -0.2) is 51.0 Å². The van der Waals surface area contributed by atoms with E-state index in [0.717, 1.165) is 12.3 Å². The molecule has 9 atom stereocenters. The number of aliphatic hydroxyl groups is 1. The molecule has 4 aliphatic carbocycles. The van der Waals surface area contributed by atoms with E-state index in [2.05, 4.69) is 0 Å². The second-order valence-corrected chi connectivity index (χ2v) is 12.2. The maximum absolute atomic E-state index is 17.4. The molecule has 5 rings (SSSR count). The van der Waals surface area contributed by atoms with Gasteiger partial charge in [-0.05, 0) is 67.2 Å². The first-order chi connectivity index (χ1) is 17.3. The van der Waals surface area contributed by atoms with Crippen LogP contribution in [0.5, 0.6) is 0 Å². The monoisotopic (exact) mass is 538 g/mol. The summed E-state index contributed by atoms with van der Waals surface area (Å²) in [7, 11) is 0. The Hall–Kier alpha value is -2.33. The highest BCUT2D eigenvalue weighted by molar-refractivity contribution is 8.13. The molecule has 0 radical (unpaired) electrons. The van der Waals surface area contributed by atoms with Crippen molar-refractivity contribution in [2.75, 3.05) is 6.01 Å². The zero-order chi connectivity index (χ0) is 27.1. The van der Waals surface area contributed by atoms with Crippen LogP contribution in [0.2, 0.25) is 0 Å². The van der Waals surface area contributed by atoms with E-state index in [9.17, 15) is 29.0 Å². The number of allylic oxidation sites excluding steroid dienone is 4. The van der Waals surface area contributed by atoms with Crippen LogP contribution in [0.3, 0.4) is 0 Å². The molecule has 3 saturated carbocycles. The SMILES string of the molecule is C[C@@H]1CC2C3C[C@H](F)C4=CC(=O)C=C[C@]4(C)C3(F)[C@@H](O)C[C@]2(C)[C@]1(C(=O)SCF)c1ccoc1C(=O)O. The van der Waals surface area contributed by atoms with E-state index in [0.29, 0.717) is 11.8 Å². The molecular formula is C27H29F3O6S. The summed E-state index contributed by atoms with van der Waals surface area (Å²) >= 11 is 0.405. The number of thioether (sulfide) groups is 1. The molecule has 0 amide bonds. The molecule has 0 aromatic carbocycles. The van der Waals surface area contributed by atoms with Crippen molar-refractivity contribution in [1.29, 1.82) is 0 Å². The normalized spacial score (nSPS) is 44.6. The van der Waals surface area contributed by atoms with Gasteiger partial charge in [0.1, 0.15) is 12.2 Å². The van der Waals surface area contributed by atoms with Crippen LogP contribution in [0.1, 0.15) is 56.2 Å². The minimum absolute atomic E-state index is 0.00855. The molecule has 10 heteroatoms. The molecule has 0 bridgehead atoms. The number of hydrogen-bond acceptors (Lipinski definition) is 6. The summed E-state index contributed by atoms with van der Waals surface area (Å²) in [6.45, 7) is 4.91. The smallest absolute Gasteiger partial charge is 0.372 e. The molecule has 200 valence electrons. The number of halogens is 3. The Kier molecular flexibility index (Phi) is 5.92. The Morgan fingerprint density at radius 2 is 1.95 bits per heavy atom. The number of carbonyl (C=O) groups is 3. The van der Waals surface area contributed by atoms with Crippen LogP contribution >= 0.6 is 11.8 Å². The Bertz CT molecular complexity index is 1240. The number of aliphatic hydroxyl groups excluding tert-OH is 1. The molecule has 0 spiro atoms. The van der Waals surface area contributed by atoms with Gasteiger partial charge in [0, 0.05) is 16.9 Å². The summed E-state index contributed by atoms with van der Waals surface area (Å²) in [4.78, 5) is 37.9. The van der Waals surface area contributed by atoms with E-state index < -0.39 is 80.6 Å². The Balaban J connectivity index is 1.73. The number of rotatable bonds is 4. The molecule has 3 fully saturated rings. The summed E-state index contributed by atoms with van der Waals surface area (Å²) in [6.07, 6.45) is 1.13. The molecule has 1 aromatic rings. The van der Waals surface area contributed by atoms with Crippen molar-refractivity contribution in [3.63, 3.8) is 0 Å². The van der Waals surface area contributed by atoms with Crippen LogP contribution in [0.4, 0.5) is 13.2 Å². The van der Waals surface area contributed by atoms with Crippen molar-refractivity contribution in [1.82, 2.24) is 0 Å². The highest BCUT2D eigenvalue weighted by atomic mass is 32.2. The van der Waals surface area contributed by atoms with Gasteiger partial charge in [-0.2, -0.15) is 0 Å². The molecule has 0 saturated heterocycles. The van der Waals surface area contributed by atoms with Crippen LogP contribution in [0, 0.1) is 28.6 Å². The van der Waals surface area contributed by atoms with Crippen molar-refractivity contribution in [2.45, 2.75) is 63.4 Å². The van der Waals surface area contributed by atoms with Crippen LogP contribution in [0.15, 0.2) is 40.5 Å². The van der Waals surface area contributed by atoms with E-state index >= 15 is 8.78 Å². The first-order valence-corrected chi connectivity index (χ1v) is 13.3. The largest absolute Gasteiger partial charge is 0.475 e. The Morgan fingerprint density at radius 3 is 2.59 bits per heavy atom. The number of carboxylic acid groups (broad SMARTS) is 1. The fourth-order valence-corrected chi connectivity index (χ4v) is 9.50. The lowest BCUT2D eigenvalue weighted by atomic mass is 9.43. The number of alkyl halides is 3. The predicted octanol–water partition coefficient (Wildman–Crippen LogP) is 4.97. The molecule has 6 nitrogen and oxygen atoms in total.